The van der Waals surface area contributed by atoms with Crippen LogP contribution < -0.4 is 0 Å². The van der Waals surface area contributed by atoms with Crippen molar-refractivity contribution in [2.45, 2.75) is 25.8 Å². The number of imidazole rings is 1. The van der Waals surface area contributed by atoms with Gasteiger partial charge in [0.1, 0.15) is 11.3 Å². The molecule has 4 rings (SSSR count). The molecule has 1 aliphatic heterocycles. The van der Waals surface area contributed by atoms with Crippen LogP contribution in [0.3, 0.4) is 0 Å². The van der Waals surface area contributed by atoms with Gasteiger partial charge in [0, 0.05) is 25.5 Å². The van der Waals surface area contributed by atoms with Crippen molar-refractivity contribution >= 4 is 17.5 Å². The molecule has 26 heavy (non-hydrogen) atoms. The summed E-state index contributed by atoms with van der Waals surface area (Å²) >= 11 is 0. The summed E-state index contributed by atoms with van der Waals surface area (Å²) in [6.07, 6.45) is 6.53. The van der Waals surface area contributed by atoms with Crippen LogP contribution in [-0.4, -0.2) is 59.4 Å². The molecule has 4 heterocycles. The molecule has 1 N–H and O–H groups in total. The number of aromatic nitrogens is 5. The molecule has 0 bridgehead atoms. The number of aromatic carboxylic acids is 1. The quantitative estimate of drug-likeness (QED) is 0.762. The number of nitrogens with zero attached hydrogens (tertiary/aromatic N) is 6. The van der Waals surface area contributed by atoms with Gasteiger partial charge in [-0.1, -0.05) is 11.3 Å². The van der Waals surface area contributed by atoms with E-state index in [4.69, 9.17) is 5.11 Å². The molecule has 9 nitrogen and oxygen atoms in total. The van der Waals surface area contributed by atoms with Crippen LogP contribution in [0.25, 0.3) is 5.65 Å². The summed E-state index contributed by atoms with van der Waals surface area (Å²) in [5, 5.41) is 16.5. The van der Waals surface area contributed by atoms with E-state index in [1.54, 1.807) is 15.8 Å². The lowest BCUT2D eigenvalue weighted by molar-refractivity contribution is 0.0680. The van der Waals surface area contributed by atoms with Crippen LogP contribution in [0.1, 0.15) is 45.4 Å². The molecule has 1 aliphatic rings. The zero-order valence-electron chi connectivity index (χ0n) is 14.2. The molecule has 1 amide bonds. The predicted octanol–water partition coefficient (Wildman–Crippen LogP) is 1.41. The summed E-state index contributed by atoms with van der Waals surface area (Å²) < 4.78 is 3.44. The smallest absolute Gasteiger partial charge is 0.358 e. The Labute approximate surface area is 148 Å². The fraction of sp³-hybridized carbons (Fsp3) is 0.353. The third-order valence-corrected chi connectivity index (χ3v) is 4.67. The molecule has 1 saturated heterocycles. The Morgan fingerprint density at radius 3 is 2.58 bits per heavy atom. The molecular weight excluding hydrogens is 336 g/mol. The number of amides is 1. The Kier molecular flexibility index (Phi) is 3.90. The second kappa shape index (κ2) is 6.25. The third kappa shape index (κ3) is 2.92. The second-order valence-electron chi connectivity index (χ2n) is 6.51. The van der Waals surface area contributed by atoms with Crippen LogP contribution in [0.15, 0.2) is 30.7 Å². The fourth-order valence-electron chi connectivity index (χ4n) is 3.25. The lowest BCUT2D eigenvalue weighted by atomic mass is 10.1. The number of carbonyl (C=O) groups is 2. The summed E-state index contributed by atoms with van der Waals surface area (Å²) in [7, 11) is 0. The second-order valence-corrected chi connectivity index (χ2v) is 6.51. The number of carboxylic acids is 1. The first-order valence-electron chi connectivity index (χ1n) is 8.41. The highest BCUT2D eigenvalue weighted by Crippen LogP contribution is 2.23. The zero-order valence-corrected chi connectivity index (χ0v) is 14.2. The molecule has 9 heteroatoms. The predicted molar refractivity (Wildman–Crippen MR) is 91.1 cm³/mol. The fourth-order valence-corrected chi connectivity index (χ4v) is 3.25. The largest absolute Gasteiger partial charge is 0.476 e. The first-order chi connectivity index (χ1) is 12.5. The Hall–Kier alpha value is -3.23. The minimum absolute atomic E-state index is 0.0448. The highest BCUT2D eigenvalue weighted by atomic mass is 16.4. The monoisotopic (exact) mass is 354 g/mol. The minimum atomic E-state index is -1.09. The maximum absolute atomic E-state index is 12.7. The van der Waals surface area contributed by atoms with Gasteiger partial charge in [-0.05, 0) is 31.4 Å². The molecule has 0 aromatic carbocycles. The molecule has 0 atom stereocenters. The Morgan fingerprint density at radius 2 is 1.88 bits per heavy atom. The van der Waals surface area contributed by atoms with Crippen LogP contribution in [0.4, 0.5) is 0 Å². The third-order valence-electron chi connectivity index (χ3n) is 4.67. The van der Waals surface area contributed by atoms with Crippen LogP contribution in [0.2, 0.25) is 0 Å². The maximum atomic E-state index is 12.7. The number of piperidine rings is 1. The van der Waals surface area contributed by atoms with Gasteiger partial charge in [-0.15, -0.1) is 5.10 Å². The van der Waals surface area contributed by atoms with Crippen molar-refractivity contribution < 1.29 is 14.7 Å². The van der Waals surface area contributed by atoms with Crippen molar-refractivity contribution in [2.75, 3.05) is 13.1 Å². The molecule has 0 radical (unpaired) electrons. The zero-order chi connectivity index (χ0) is 18.3. The first kappa shape index (κ1) is 16.2. The van der Waals surface area contributed by atoms with E-state index in [2.05, 4.69) is 15.3 Å². The average molecular weight is 354 g/mol. The van der Waals surface area contributed by atoms with Gasteiger partial charge in [0.2, 0.25) is 0 Å². The van der Waals surface area contributed by atoms with E-state index in [-0.39, 0.29) is 17.6 Å². The van der Waals surface area contributed by atoms with E-state index < -0.39 is 5.97 Å². The maximum Gasteiger partial charge on any atom is 0.358 e. The number of hydrogen-bond acceptors (Lipinski definition) is 5. The van der Waals surface area contributed by atoms with E-state index in [1.165, 1.54) is 6.20 Å². The van der Waals surface area contributed by atoms with E-state index in [0.717, 1.165) is 11.2 Å². The van der Waals surface area contributed by atoms with Crippen molar-refractivity contribution in [1.29, 1.82) is 0 Å². The molecule has 3 aromatic rings. The number of aryl methyl sites for hydroxylation is 1. The van der Waals surface area contributed by atoms with E-state index in [9.17, 15) is 9.59 Å². The lowest BCUT2D eigenvalue weighted by Crippen LogP contribution is -2.39. The number of carbonyl (C=O) groups excluding carboxylic acids is 1. The van der Waals surface area contributed by atoms with E-state index in [1.807, 2.05) is 29.7 Å². The molecular formula is C17H18N6O3. The van der Waals surface area contributed by atoms with Crippen LogP contribution in [0, 0.1) is 6.92 Å². The summed E-state index contributed by atoms with van der Waals surface area (Å²) in [6.45, 7) is 3.13. The van der Waals surface area contributed by atoms with Crippen molar-refractivity contribution in [1.82, 2.24) is 29.3 Å². The number of carboxylic acid groups (broad SMARTS) is 1. The van der Waals surface area contributed by atoms with Gasteiger partial charge >= 0.3 is 5.97 Å². The van der Waals surface area contributed by atoms with Crippen LogP contribution in [0.5, 0.6) is 0 Å². The standard InChI is InChI=1S/C17H18N6O3/c1-11-2-3-15-18-13(9-22(15)8-11)16(24)21-6-4-12(5-7-21)23-10-14(17(25)26)19-20-23/h2-3,8-10,12H,4-7H2,1H3,(H,25,26). The van der Waals surface area contributed by atoms with Gasteiger partial charge in [0.05, 0.1) is 12.2 Å². The molecule has 134 valence electrons. The molecule has 1 fully saturated rings. The van der Waals surface area contributed by atoms with Gasteiger partial charge in [0.15, 0.2) is 5.69 Å². The summed E-state index contributed by atoms with van der Waals surface area (Å²) in [6, 6.07) is 3.90. The van der Waals surface area contributed by atoms with Crippen LogP contribution in [-0.2, 0) is 0 Å². The Balaban J connectivity index is 1.44. The van der Waals surface area contributed by atoms with Crippen molar-refractivity contribution in [3.8, 4) is 0 Å². The van der Waals surface area contributed by atoms with Crippen molar-refractivity contribution in [3.05, 3.63) is 47.7 Å². The van der Waals surface area contributed by atoms with Gasteiger partial charge in [-0.2, -0.15) is 0 Å². The molecule has 0 spiro atoms. The van der Waals surface area contributed by atoms with Crippen molar-refractivity contribution in [3.63, 3.8) is 0 Å². The molecule has 0 saturated carbocycles. The van der Waals surface area contributed by atoms with Gasteiger partial charge in [-0.3, -0.25) is 4.79 Å². The molecule has 0 aliphatic carbocycles. The molecule has 0 unspecified atom stereocenters. The lowest BCUT2D eigenvalue weighted by Gasteiger charge is -2.31. The van der Waals surface area contributed by atoms with Gasteiger partial charge < -0.3 is 14.4 Å². The number of fused-ring (bicyclic) bond motifs is 1. The average Bonchev–Trinajstić information content (AvgIpc) is 3.28. The van der Waals surface area contributed by atoms with E-state index >= 15 is 0 Å². The summed E-state index contributed by atoms with van der Waals surface area (Å²) in [5.41, 5.74) is 2.22. The molecule has 3 aromatic heterocycles. The van der Waals surface area contributed by atoms with E-state index in [0.29, 0.717) is 31.6 Å². The number of hydrogen-bond donors (Lipinski definition) is 1. The van der Waals surface area contributed by atoms with Crippen LogP contribution >= 0.6 is 0 Å². The normalized spacial score (nSPS) is 15.5. The SMILES string of the molecule is Cc1ccc2nc(C(=O)N3CCC(n4cc(C(=O)O)nn4)CC3)cn2c1. The highest BCUT2D eigenvalue weighted by Gasteiger charge is 2.27. The summed E-state index contributed by atoms with van der Waals surface area (Å²) in [4.78, 5) is 29.8. The topological polar surface area (TPSA) is 106 Å². The number of pyridine rings is 1. The number of rotatable bonds is 3. The van der Waals surface area contributed by atoms with Crippen molar-refractivity contribution in [2.24, 2.45) is 0 Å². The Morgan fingerprint density at radius 1 is 1.12 bits per heavy atom. The summed E-state index contributed by atoms with van der Waals surface area (Å²) in [5.74, 6) is -1.18. The number of likely N-dealkylation sites (tertiary alicyclic amines) is 1. The van der Waals surface area contributed by atoms with Gasteiger partial charge in [-0.25, -0.2) is 14.5 Å². The minimum Gasteiger partial charge on any atom is -0.476 e. The Bertz CT molecular complexity index is 983. The first-order valence-corrected chi connectivity index (χ1v) is 8.41. The highest BCUT2D eigenvalue weighted by molar-refractivity contribution is 5.93. The van der Waals surface area contributed by atoms with Gasteiger partial charge in [0.25, 0.3) is 5.91 Å².